The van der Waals surface area contributed by atoms with Crippen LogP contribution in [-0.4, -0.2) is 26.5 Å². The molecule has 16 heavy (non-hydrogen) atoms. The second kappa shape index (κ2) is 6.04. The minimum atomic E-state index is 0.914. The van der Waals surface area contributed by atoms with Crippen LogP contribution in [0, 0.1) is 13.8 Å². The van der Waals surface area contributed by atoms with E-state index in [2.05, 4.69) is 50.6 Å². The van der Waals surface area contributed by atoms with Crippen LogP contribution in [0.3, 0.4) is 0 Å². The molecule has 0 spiro atoms. The third-order valence-electron chi connectivity index (χ3n) is 2.86. The van der Waals surface area contributed by atoms with Gasteiger partial charge in [0.15, 0.2) is 0 Å². The highest BCUT2D eigenvalue weighted by molar-refractivity contribution is 7.80. The molecule has 90 valence electrons. The van der Waals surface area contributed by atoms with E-state index in [1.807, 2.05) is 0 Å². The molecule has 3 heteroatoms. The normalized spacial score (nSPS) is 10.3. The van der Waals surface area contributed by atoms with E-state index in [1.54, 1.807) is 7.11 Å². The first-order valence-corrected chi connectivity index (χ1v) is 6.20. The molecule has 0 aliphatic heterocycles. The second-order valence-electron chi connectivity index (χ2n) is 4.11. The molecule has 0 amide bonds. The van der Waals surface area contributed by atoms with Crippen LogP contribution in [0.2, 0.25) is 0 Å². The SMILES string of the molecule is COc1cc(C)c(C)cc1N(C)CCCS. The Morgan fingerprint density at radius 3 is 2.44 bits per heavy atom. The van der Waals surface area contributed by atoms with E-state index in [9.17, 15) is 0 Å². The number of hydrogen-bond acceptors (Lipinski definition) is 3. The third-order valence-corrected chi connectivity index (χ3v) is 3.17. The lowest BCUT2D eigenvalue weighted by molar-refractivity contribution is 0.414. The lowest BCUT2D eigenvalue weighted by Crippen LogP contribution is -2.19. The molecule has 0 saturated heterocycles. The molecule has 0 atom stereocenters. The Morgan fingerprint density at radius 1 is 1.25 bits per heavy atom. The highest BCUT2D eigenvalue weighted by atomic mass is 32.1. The zero-order valence-electron chi connectivity index (χ0n) is 10.6. The summed E-state index contributed by atoms with van der Waals surface area (Å²) in [6.45, 7) is 5.24. The summed E-state index contributed by atoms with van der Waals surface area (Å²) in [5.41, 5.74) is 3.73. The van der Waals surface area contributed by atoms with Gasteiger partial charge in [-0.25, -0.2) is 0 Å². The largest absolute Gasteiger partial charge is 0.495 e. The first-order valence-electron chi connectivity index (χ1n) is 5.57. The zero-order valence-corrected chi connectivity index (χ0v) is 11.5. The van der Waals surface area contributed by atoms with Gasteiger partial charge in [-0.2, -0.15) is 12.6 Å². The Kier molecular flexibility index (Phi) is 5.00. The summed E-state index contributed by atoms with van der Waals surface area (Å²) < 4.78 is 5.42. The van der Waals surface area contributed by atoms with Crippen molar-refractivity contribution in [3.8, 4) is 5.75 Å². The molecule has 1 rings (SSSR count). The van der Waals surface area contributed by atoms with Gasteiger partial charge in [0.25, 0.3) is 0 Å². The quantitative estimate of drug-likeness (QED) is 0.793. The molecular formula is C13H21NOS. The number of benzene rings is 1. The van der Waals surface area contributed by atoms with E-state index in [-0.39, 0.29) is 0 Å². The molecule has 0 aliphatic rings. The van der Waals surface area contributed by atoms with Crippen LogP contribution >= 0.6 is 12.6 Å². The Bertz CT molecular complexity index is 352. The van der Waals surface area contributed by atoms with Crippen LogP contribution in [0.1, 0.15) is 17.5 Å². The minimum Gasteiger partial charge on any atom is -0.495 e. The first-order chi connectivity index (χ1) is 7.60. The summed E-state index contributed by atoms with van der Waals surface area (Å²) >= 11 is 4.24. The number of rotatable bonds is 5. The van der Waals surface area contributed by atoms with Crippen LogP contribution < -0.4 is 9.64 Å². The number of anilines is 1. The van der Waals surface area contributed by atoms with E-state index in [0.29, 0.717) is 0 Å². The molecule has 0 unspecified atom stereocenters. The zero-order chi connectivity index (χ0) is 12.1. The topological polar surface area (TPSA) is 12.5 Å². The standard InChI is InChI=1S/C13H21NOS/c1-10-8-12(14(3)6-5-7-16)13(15-4)9-11(10)2/h8-9,16H,5-7H2,1-4H3. The van der Waals surface area contributed by atoms with Gasteiger partial charge in [-0.15, -0.1) is 0 Å². The van der Waals surface area contributed by atoms with E-state index in [1.165, 1.54) is 11.1 Å². The number of aryl methyl sites for hydroxylation is 2. The molecule has 0 radical (unpaired) electrons. The van der Waals surface area contributed by atoms with Gasteiger partial charge in [0.2, 0.25) is 0 Å². The van der Waals surface area contributed by atoms with Crippen LogP contribution in [0.15, 0.2) is 12.1 Å². The van der Waals surface area contributed by atoms with Gasteiger partial charge < -0.3 is 9.64 Å². The molecule has 0 heterocycles. The van der Waals surface area contributed by atoms with Gasteiger partial charge in [-0.1, -0.05) is 0 Å². The average molecular weight is 239 g/mol. The Hall–Kier alpha value is -0.830. The van der Waals surface area contributed by atoms with Crippen molar-refractivity contribution in [3.05, 3.63) is 23.3 Å². The molecule has 0 bridgehead atoms. The van der Waals surface area contributed by atoms with E-state index < -0.39 is 0 Å². The summed E-state index contributed by atoms with van der Waals surface area (Å²) in [6, 6.07) is 4.29. The van der Waals surface area contributed by atoms with E-state index in [4.69, 9.17) is 4.74 Å². The van der Waals surface area contributed by atoms with E-state index >= 15 is 0 Å². The van der Waals surface area contributed by atoms with Crippen molar-refractivity contribution in [1.29, 1.82) is 0 Å². The fourth-order valence-corrected chi connectivity index (χ4v) is 1.81. The highest BCUT2D eigenvalue weighted by Crippen LogP contribution is 2.30. The van der Waals surface area contributed by atoms with Crippen molar-refractivity contribution >= 4 is 18.3 Å². The van der Waals surface area contributed by atoms with Gasteiger partial charge in [-0.05, 0) is 49.3 Å². The van der Waals surface area contributed by atoms with Crippen molar-refractivity contribution in [3.63, 3.8) is 0 Å². The van der Waals surface area contributed by atoms with Gasteiger partial charge in [0, 0.05) is 13.6 Å². The fourth-order valence-electron chi connectivity index (χ4n) is 1.66. The van der Waals surface area contributed by atoms with Gasteiger partial charge >= 0.3 is 0 Å². The molecule has 1 aromatic carbocycles. The summed E-state index contributed by atoms with van der Waals surface area (Å²) in [6.07, 6.45) is 1.08. The molecule has 0 aromatic heterocycles. The lowest BCUT2D eigenvalue weighted by Gasteiger charge is -2.22. The maximum atomic E-state index is 5.42. The first kappa shape index (κ1) is 13.2. The van der Waals surface area contributed by atoms with Crippen molar-refractivity contribution < 1.29 is 4.74 Å². The number of hydrogen-bond donors (Lipinski definition) is 1. The fraction of sp³-hybridized carbons (Fsp3) is 0.538. The minimum absolute atomic E-state index is 0.914. The van der Waals surface area contributed by atoms with Crippen molar-refractivity contribution in [2.75, 3.05) is 31.4 Å². The third kappa shape index (κ3) is 3.08. The number of ether oxygens (including phenoxy) is 1. The number of thiol groups is 1. The molecule has 1 aromatic rings. The molecule has 0 fully saturated rings. The van der Waals surface area contributed by atoms with Crippen LogP contribution in [0.5, 0.6) is 5.75 Å². The van der Waals surface area contributed by atoms with Crippen LogP contribution in [0.4, 0.5) is 5.69 Å². The smallest absolute Gasteiger partial charge is 0.142 e. The second-order valence-corrected chi connectivity index (χ2v) is 4.55. The Balaban J connectivity index is 2.96. The predicted molar refractivity (Wildman–Crippen MR) is 74.2 cm³/mol. The monoisotopic (exact) mass is 239 g/mol. The van der Waals surface area contributed by atoms with Gasteiger partial charge in [0.1, 0.15) is 5.75 Å². The molecule has 0 saturated carbocycles. The van der Waals surface area contributed by atoms with Crippen molar-refractivity contribution in [2.45, 2.75) is 20.3 Å². The van der Waals surface area contributed by atoms with Crippen molar-refractivity contribution in [1.82, 2.24) is 0 Å². The Labute approximate surface area is 104 Å². The summed E-state index contributed by atoms with van der Waals surface area (Å²) in [5.74, 6) is 1.86. The maximum Gasteiger partial charge on any atom is 0.142 e. The number of nitrogens with zero attached hydrogens (tertiary/aromatic N) is 1. The van der Waals surface area contributed by atoms with Crippen molar-refractivity contribution in [2.24, 2.45) is 0 Å². The van der Waals surface area contributed by atoms with Crippen LogP contribution in [-0.2, 0) is 0 Å². The average Bonchev–Trinajstić information content (AvgIpc) is 2.28. The van der Waals surface area contributed by atoms with Crippen LogP contribution in [0.25, 0.3) is 0 Å². The summed E-state index contributed by atoms with van der Waals surface area (Å²) in [7, 11) is 3.82. The maximum absolute atomic E-state index is 5.42. The molecular weight excluding hydrogens is 218 g/mol. The van der Waals surface area contributed by atoms with Gasteiger partial charge in [0.05, 0.1) is 12.8 Å². The Morgan fingerprint density at radius 2 is 1.88 bits per heavy atom. The summed E-state index contributed by atoms with van der Waals surface area (Å²) in [4.78, 5) is 2.22. The van der Waals surface area contributed by atoms with E-state index in [0.717, 1.165) is 30.2 Å². The predicted octanol–water partition coefficient (Wildman–Crippen LogP) is 3.07. The lowest BCUT2D eigenvalue weighted by atomic mass is 10.1. The number of methoxy groups -OCH3 is 1. The van der Waals surface area contributed by atoms with Gasteiger partial charge in [-0.3, -0.25) is 0 Å². The molecule has 2 nitrogen and oxygen atoms in total. The molecule has 0 N–H and O–H groups in total. The molecule has 0 aliphatic carbocycles. The highest BCUT2D eigenvalue weighted by Gasteiger charge is 2.09. The summed E-state index contributed by atoms with van der Waals surface area (Å²) in [5, 5.41) is 0.